The molecular formula is C17H37N3. The molecule has 20 heavy (non-hydrogen) atoms. The molecule has 0 aliphatic carbocycles. The van der Waals surface area contributed by atoms with Gasteiger partial charge < -0.3 is 5.32 Å². The van der Waals surface area contributed by atoms with Gasteiger partial charge >= 0.3 is 0 Å². The summed E-state index contributed by atoms with van der Waals surface area (Å²) in [6.45, 7) is 21.2. The molecule has 0 amide bonds. The second-order valence-corrected chi connectivity index (χ2v) is 7.47. The summed E-state index contributed by atoms with van der Waals surface area (Å²) in [5.41, 5.74) is 0.336. The lowest BCUT2D eigenvalue weighted by Gasteiger charge is -2.41. The number of hydrogen-bond acceptors (Lipinski definition) is 3. The van der Waals surface area contributed by atoms with Crippen LogP contribution >= 0.6 is 0 Å². The minimum Gasteiger partial charge on any atom is -0.312 e. The number of hydrogen-bond donors (Lipinski definition) is 1. The van der Waals surface area contributed by atoms with Crippen molar-refractivity contribution in [3.8, 4) is 0 Å². The maximum atomic E-state index is 3.75. The van der Waals surface area contributed by atoms with E-state index in [0.29, 0.717) is 11.5 Å². The van der Waals surface area contributed by atoms with E-state index in [1.165, 1.54) is 45.6 Å². The van der Waals surface area contributed by atoms with Gasteiger partial charge in [-0.05, 0) is 31.7 Å². The third kappa shape index (κ3) is 5.71. The van der Waals surface area contributed by atoms with Crippen LogP contribution < -0.4 is 5.32 Å². The molecule has 0 aromatic rings. The van der Waals surface area contributed by atoms with E-state index in [0.717, 1.165) is 12.6 Å². The SMILES string of the molecule is CCCNC(CN1CCN(C(C)CC)CC1)C(C)(C)C. The van der Waals surface area contributed by atoms with Crippen molar-refractivity contribution in [1.29, 1.82) is 0 Å². The van der Waals surface area contributed by atoms with Crippen LogP contribution in [0.3, 0.4) is 0 Å². The Hall–Kier alpha value is -0.120. The maximum Gasteiger partial charge on any atom is 0.0243 e. The van der Waals surface area contributed by atoms with Gasteiger partial charge in [0.2, 0.25) is 0 Å². The highest BCUT2D eigenvalue weighted by atomic mass is 15.3. The fourth-order valence-electron chi connectivity index (χ4n) is 2.87. The lowest BCUT2D eigenvalue weighted by molar-refractivity contribution is 0.0804. The Morgan fingerprint density at radius 3 is 2.10 bits per heavy atom. The highest BCUT2D eigenvalue weighted by Gasteiger charge is 2.28. The molecule has 1 aliphatic rings. The van der Waals surface area contributed by atoms with Gasteiger partial charge in [0.1, 0.15) is 0 Å². The molecule has 3 heteroatoms. The van der Waals surface area contributed by atoms with E-state index in [4.69, 9.17) is 0 Å². The second-order valence-electron chi connectivity index (χ2n) is 7.47. The summed E-state index contributed by atoms with van der Waals surface area (Å²) >= 11 is 0. The van der Waals surface area contributed by atoms with Crippen molar-refractivity contribution in [2.24, 2.45) is 5.41 Å². The van der Waals surface area contributed by atoms with E-state index >= 15 is 0 Å². The summed E-state index contributed by atoms with van der Waals surface area (Å²) in [5.74, 6) is 0. The Labute approximate surface area is 127 Å². The van der Waals surface area contributed by atoms with Crippen LogP contribution in [0.15, 0.2) is 0 Å². The average Bonchev–Trinajstić information content (AvgIpc) is 2.42. The summed E-state index contributed by atoms with van der Waals surface area (Å²) in [4.78, 5) is 5.29. The summed E-state index contributed by atoms with van der Waals surface area (Å²) in [6, 6.07) is 1.34. The lowest BCUT2D eigenvalue weighted by Crippen LogP contribution is -2.55. The van der Waals surface area contributed by atoms with Crippen molar-refractivity contribution in [1.82, 2.24) is 15.1 Å². The second kappa shape index (κ2) is 8.35. The van der Waals surface area contributed by atoms with E-state index in [9.17, 15) is 0 Å². The van der Waals surface area contributed by atoms with E-state index in [2.05, 4.69) is 56.7 Å². The quantitative estimate of drug-likeness (QED) is 0.775. The average molecular weight is 284 g/mol. The molecule has 0 spiro atoms. The summed E-state index contributed by atoms with van der Waals surface area (Å²) in [5, 5.41) is 3.75. The molecule has 1 N–H and O–H groups in total. The molecule has 0 radical (unpaired) electrons. The van der Waals surface area contributed by atoms with Crippen LogP contribution in [0, 0.1) is 5.41 Å². The predicted octanol–water partition coefficient (Wildman–Crippen LogP) is 2.82. The molecule has 1 aliphatic heterocycles. The first-order chi connectivity index (χ1) is 9.38. The highest BCUT2D eigenvalue weighted by molar-refractivity contribution is 4.85. The largest absolute Gasteiger partial charge is 0.312 e. The molecule has 0 aromatic carbocycles. The summed E-state index contributed by atoms with van der Waals surface area (Å²) in [6.07, 6.45) is 2.48. The first-order valence-corrected chi connectivity index (χ1v) is 8.58. The van der Waals surface area contributed by atoms with Gasteiger partial charge in [-0.3, -0.25) is 9.80 Å². The Morgan fingerprint density at radius 1 is 1.05 bits per heavy atom. The van der Waals surface area contributed by atoms with Gasteiger partial charge in [0.25, 0.3) is 0 Å². The third-order valence-corrected chi connectivity index (χ3v) is 4.75. The van der Waals surface area contributed by atoms with Gasteiger partial charge in [0, 0.05) is 44.8 Å². The Kier molecular flexibility index (Phi) is 7.49. The third-order valence-electron chi connectivity index (χ3n) is 4.75. The fraction of sp³-hybridized carbons (Fsp3) is 1.00. The van der Waals surface area contributed by atoms with Crippen molar-refractivity contribution in [2.75, 3.05) is 39.3 Å². The molecule has 1 heterocycles. The van der Waals surface area contributed by atoms with E-state index in [-0.39, 0.29) is 0 Å². The zero-order valence-electron chi connectivity index (χ0n) is 14.7. The molecule has 2 unspecified atom stereocenters. The minimum atomic E-state index is 0.336. The molecule has 0 bridgehead atoms. The molecule has 0 saturated carbocycles. The number of nitrogens with one attached hydrogen (secondary N) is 1. The monoisotopic (exact) mass is 283 g/mol. The Balaban J connectivity index is 2.43. The molecule has 120 valence electrons. The van der Waals surface area contributed by atoms with E-state index in [1.54, 1.807) is 0 Å². The maximum absolute atomic E-state index is 3.75. The lowest BCUT2D eigenvalue weighted by atomic mass is 9.86. The highest BCUT2D eigenvalue weighted by Crippen LogP contribution is 2.21. The van der Waals surface area contributed by atoms with E-state index in [1.807, 2.05) is 0 Å². The van der Waals surface area contributed by atoms with Crippen molar-refractivity contribution in [3.63, 3.8) is 0 Å². The van der Waals surface area contributed by atoms with Crippen LogP contribution in [-0.2, 0) is 0 Å². The molecule has 1 saturated heterocycles. The van der Waals surface area contributed by atoms with Crippen molar-refractivity contribution < 1.29 is 0 Å². The normalized spacial score (nSPS) is 21.9. The van der Waals surface area contributed by atoms with Crippen LogP contribution in [-0.4, -0.2) is 61.2 Å². The van der Waals surface area contributed by atoms with Crippen LogP contribution in [0.4, 0.5) is 0 Å². The van der Waals surface area contributed by atoms with Crippen LogP contribution in [0.1, 0.15) is 54.4 Å². The number of nitrogens with zero attached hydrogens (tertiary/aromatic N) is 2. The van der Waals surface area contributed by atoms with Crippen molar-refractivity contribution in [2.45, 2.75) is 66.5 Å². The molecule has 3 nitrogen and oxygen atoms in total. The van der Waals surface area contributed by atoms with Gasteiger partial charge in [0.15, 0.2) is 0 Å². The van der Waals surface area contributed by atoms with Crippen LogP contribution in [0.2, 0.25) is 0 Å². The van der Waals surface area contributed by atoms with Gasteiger partial charge in [-0.1, -0.05) is 34.6 Å². The van der Waals surface area contributed by atoms with Crippen LogP contribution in [0.25, 0.3) is 0 Å². The number of piperazine rings is 1. The molecule has 1 rings (SSSR count). The van der Waals surface area contributed by atoms with Gasteiger partial charge in [-0.2, -0.15) is 0 Å². The molecular weight excluding hydrogens is 246 g/mol. The molecule has 2 atom stereocenters. The van der Waals surface area contributed by atoms with Gasteiger partial charge in [-0.25, -0.2) is 0 Å². The van der Waals surface area contributed by atoms with Crippen molar-refractivity contribution >= 4 is 0 Å². The van der Waals surface area contributed by atoms with E-state index < -0.39 is 0 Å². The molecule has 1 fully saturated rings. The fourth-order valence-corrected chi connectivity index (χ4v) is 2.87. The first-order valence-electron chi connectivity index (χ1n) is 8.58. The molecule has 0 aromatic heterocycles. The van der Waals surface area contributed by atoms with Crippen molar-refractivity contribution in [3.05, 3.63) is 0 Å². The predicted molar refractivity (Wildman–Crippen MR) is 89.3 cm³/mol. The topological polar surface area (TPSA) is 18.5 Å². The minimum absolute atomic E-state index is 0.336. The zero-order chi connectivity index (χ0) is 15.2. The number of rotatable bonds is 7. The first kappa shape index (κ1) is 17.9. The van der Waals surface area contributed by atoms with Gasteiger partial charge in [0.05, 0.1) is 0 Å². The Bertz CT molecular complexity index is 251. The van der Waals surface area contributed by atoms with Crippen LogP contribution in [0.5, 0.6) is 0 Å². The zero-order valence-corrected chi connectivity index (χ0v) is 14.7. The smallest absolute Gasteiger partial charge is 0.0243 e. The Morgan fingerprint density at radius 2 is 1.65 bits per heavy atom. The van der Waals surface area contributed by atoms with Gasteiger partial charge in [-0.15, -0.1) is 0 Å². The summed E-state index contributed by atoms with van der Waals surface area (Å²) < 4.78 is 0. The standard InChI is InChI=1S/C17H37N3/c1-7-9-18-16(17(4,5)6)14-19-10-12-20(13-11-19)15(3)8-2/h15-16,18H,7-14H2,1-6H3. The summed E-state index contributed by atoms with van der Waals surface area (Å²) in [7, 11) is 0.